The van der Waals surface area contributed by atoms with Gasteiger partial charge in [-0.25, -0.2) is 12.7 Å². The van der Waals surface area contributed by atoms with Crippen LogP contribution in [0.1, 0.15) is 6.92 Å². The zero-order valence-electron chi connectivity index (χ0n) is 12.6. The average Bonchev–Trinajstić information content (AvgIpc) is 2.45. The van der Waals surface area contributed by atoms with Crippen LogP contribution in [0.3, 0.4) is 0 Å². The molecule has 0 fully saturated rings. The predicted octanol–water partition coefficient (Wildman–Crippen LogP) is 0.280. The van der Waals surface area contributed by atoms with Crippen molar-refractivity contribution in [2.75, 3.05) is 33.5 Å². The van der Waals surface area contributed by atoms with Gasteiger partial charge >= 0.3 is 0 Å². The van der Waals surface area contributed by atoms with E-state index in [0.717, 1.165) is 4.31 Å². The van der Waals surface area contributed by atoms with E-state index in [4.69, 9.17) is 10.5 Å². The highest BCUT2D eigenvalue weighted by molar-refractivity contribution is 7.89. The van der Waals surface area contributed by atoms with E-state index >= 15 is 0 Å². The zero-order valence-corrected chi connectivity index (χ0v) is 13.4. The molecule has 21 heavy (non-hydrogen) atoms. The summed E-state index contributed by atoms with van der Waals surface area (Å²) in [5, 5.41) is 2.49. The second kappa shape index (κ2) is 6.77. The van der Waals surface area contributed by atoms with Gasteiger partial charge in [0.15, 0.2) is 0 Å². The van der Waals surface area contributed by atoms with Crippen LogP contribution in [0, 0.1) is 5.92 Å². The standard InChI is InChI=1S/C13H21N3O4S/c1-9(13(17)15-2)8-16(3)21(18,19)12-6-5-10(20-4)7-11(12)14/h5-7,9H,8,14H2,1-4H3,(H,15,17). The Morgan fingerprint density at radius 3 is 2.57 bits per heavy atom. The lowest BCUT2D eigenvalue weighted by molar-refractivity contribution is -0.124. The lowest BCUT2D eigenvalue weighted by Crippen LogP contribution is -2.37. The van der Waals surface area contributed by atoms with E-state index < -0.39 is 15.9 Å². The van der Waals surface area contributed by atoms with E-state index in [2.05, 4.69) is 5.32 Å². The van der Waals surface area contributed by atoms with Crippen LogP contribution in [-0.4, -0.2) is 46.4 Å². The summed E-state index contributed by atoms with van der Waals surface area (Å²) in [5.74, 6) is -0.207. The summed E-state index contributed by atoms with van der Waals surface area (Å²) in [6, 6.07) is 4.37. The number of ether oxygens (including phenoxy) is 1. The number of hydrogen-bond acceptors (Lipinski definition) is 5. The Morgan fingerprint density at radius 1 is 1.48 bits per heavy atom. The van der Waals surface area contributed by atoms with Crippen molar-refractivity contribution in [3.63, 3.8) is 0 Å². The van der Waals surface area contributed by atoms with Gasteiger partial charge in [-0.3, -0.25) is 4.79 Å². The Bertz CT molecular complexity index is 616. The van der Waals surface area contributed by atoms with E-state index in [1.807, 2.05) is 0 Å². The van der Waals surface area contributed by atoms with Crippen LogP contribution in [-0.2, 0) is 14.8 Å². The van der Waals surface area contributed by atoms with Crippen molar-refractivity contribution in [2.24, 2.45) is 5.92 Å². The monoisotopic (exact) mass is 315 g/mol. The normalized spacial score (nSPS) is 13.0. The first kappa shape index (κ1) is 17.3. The maximum absolute atomic E-state index is 12.5. The molecule has 1 rings (SSSR count). The van der Waals surface area contributed by atoms with Crippen molar-refractivity contribution < 1.29 is 17.9 Å². The highest BCUT2D eigenvalue weighted by Gasteiger charge is 2.26. The number of amides is 1. The van der Waals surface area contributed by atoms with Gasteiger partial charge in [-0.15, -0.1) is 0 Å². The molecule has 0 spiro atoms. The molecule has 1 aromatic carbocycles. The molecular formula is C13H21N3O4S. The molecule has 118 valence electrons. The quantitative estimate of drug-likeness (QED) is 0.734. The molecule has 3 N–H and O–H groups in total. The summed E-state index contributed by atoms with van der Waals surface area (Å²) in [7, 11) is 0.638. The summed E-state index contributed by atoms with van der Waals surface area (Å²) in [6.45, 7) is 1.72. The van der Waals surface area contributed by atoms with Crippen LogP contribution in [0.15, 0.2) is 23.1 Å². The van der Waals surface area contributed by atoms with Crippen LogP contribution in [0.2, 0.25) is 0 Å². The molecule has 0 aromatic heterocycles. The number of sulfonamides is 1. The van der Waals surface area contributed by atoms with Crippen molar-refractivity contribution in [2.45, 2.75) is 11.8 Å². The lowest BCUT2D eigenvalue weighted by Gasteiger charge is -2.21. The fourth-order valence-electron chi connectivity index (χ4n) is 1.87. The Hall–Kier alpha value is -1.80. The lowest BCUT2D eigenvalue weighted by atomic mass is 10.2. The van der Waals surface area contributed by atoms with Crippen LogP contribution in [0.4, 0.5) is 5.69 Å². The molecular weight excluding hydrogens is 294 g/mol. The number of carbonyl (C=O) groups is 1. The number of rotatable bonds is 6. The largest absolute Gasteiger partial charge is 0.497 e. The number of nitrogens with zero attached hydrogens (tertiary/aromatic N) is 1. The third-order valence-corrected chi connectivity index (χ3v) is 5.03. The van der Waals surface area contributed by atoms with Gasteiger partial charge in [-0.1, -0.05) is 6.92 Å². The van der Waals surface area contributed by atoms with Gasteiger partial charge < -0.3 is 15.8 Å². The van der Waals surface area contributed by atoms with E-state index in [0.29, 0.717) is 5.75 Å². The van der Waals surface area contributed by atoms with Crippen molar-refractivity contribution in [1.29, 1.82) is 0 Å². The number of hydrogen-bond donors (Lipinski definition) is 2. The third kappa shape index (κ3) is 3.85. The highest BCUT2D eigenvalue weighted by Crippen LogP contribution is 2.26. The van der Waals surface area contributed by atoms with E-state index in [1.165, 1.54) is 39.4 Å². The predicted molar refractivity (Wildman–Crippen MR) is 80.5 cm³/mol. The third-order valence-electron chi connectivity index (χ3n) is 3.13. The topological polar surface area (TPSA) is 102 Å². The molecule has 0 aliphatic carbocycles. The van der Waals surface area contributed by atoms with Crippen LogP contribution < -0.4 is 15.8 Å². The van der Waals surface area contributed by atoms with Crippen LogP contribution in [0.25, 0.3) is 0 Å². The maximum Gasteiger partial charge on any atom is 0.244 e. The molecule has 1 aromatic rings. The molecule has 1 atom stereocenters. The van der Waals surface area contributed by atoms with Crippen molar-refractivity contribution in [3.8, 4) is 5.75 Å². The number of anilines is 1. The van der Waals surface area contributed by atoms with Gasteiger partial charge in [0, 0.05) is 32.6 Å². The molecule has 0 aliphatic rings. The first-order chi connectivity index (χ1) is 9.73. The van der Waals surface area contributed by atoms with Gasteiger partial charge in [0.2, 0.25) is 15.9 Å². The molecule has 0 saturated heterocycles. The molecule has 0 radical (unpaired) electrons. The van der Waals surface area contributed by atoms with Crippen molar-refractivity contribution in [1.82, 2.24) is 9.62 Å². The molecule has 1 unspecified atom stereocenters. The van der Waals surface area contributed by atoms with E-state index in [1.54, 1.807) is 6.92 Å². The SMILES string of the molecule is CNC(=O)C(C)CN(C)S(=O)(=O)c1ccc(OC)cc1N. The number of benzene rings is 1. The molecule has 0 bridgehead atoms. The van der Waals surface area contributed by atoms with Gasteiger partial charge in [-0.2, -0.15) is 0 Å². The summed E-state index contributed by atoms with van der Waals surface area (Å²) in [6.07, 6.45) is 0. The molecule has 0 saturated carbocycles. The number of nitrogen functional groups attached to an aromatic ring is 1. The minimum absolute atomic E-state index is 0.00472. The van der Waals surface area contributed by atoms with E-state index in [-0.39, 0.29) is 23.0 Å². The first-order valence-electron chi connectivity index (χ1n) is 6.35. The number of nitrogens with two attached hydrogens (primary N) is 1. The van der Waals surface area contributed by atoms with Crippen LogP contribution >= 0.6 is 0 Å². The maximum atomic E-state index is 12.5. The fraction of sp³-hybridized carbons (Fsp3) is 0.462. The second-order valence-electron chi connectivity index (χ2n) is 4.70. The Labute approximate surface area is 125 Å². The van der Waals surface area contributed by atoms with Crippen LogP contribution in [0.5, 0.6) is 5.75 Å². The average molecular weight is 315 g/mol. The fourth-order valence-corrected chi connectivity index (χ4v) is 3.22. The summed E-state index contributed by atoms with van der Waals surface area (Å²) in [5.41, 5.74) is 5.88. The Balaban J connectivity index is 3.02. The number of nitrogens with one attached hydrogen (secondary N) is 1. The number of methoxy groups -OCH3 is 1. The zero-order chi connectivity index (χ0) is 16.2. The summed E-state index contributed by atoms with van der Waals surface area (Å²) >= 11 is 0. The smallest absolute Gasteiger partial charge is 0.244 e. The first-order valence-corrected chi connectivity index (χ1v) is 7.79. The van der Waals surface area contributed by atoms with Crippen molar-refractivity contribution in [3.05, 3.63) is 18.2 Å². The minimum Gasteiger partial charge on any atom is -0.497 e. The van der Waals surface area contributed by atoms with E-state index in [9.17, 15) is 13.2 Å². The Morgan fingerprint density at radius 2 is 2.10 bits per heavy atom. The second-order valence-corrected chi connectivity index (χ2v) is 6.72. The minimum atomic E-state index is -3.76. The summed E-state index contributed by atoms with van der Waals surface area (Å²) in [4.78, 5) is 11.5. The van der Waals surface area contributed by atoms with Gasteiger partial charge in [-0.05, 0) is 12.1 Å². The van der Waals surface area contributed by atoms with Gasteiger partial charge in [0.1, 0.15) is 10.6 Å². The molecule has 7 nitrogen and oxygen atoms in total. The molecule has 0 heterocycles. The number of carbonyl (C=O) groups excluding carboxylic acids is 1. The summed E-state index contributed by atoms with van der Waals surface area (Å²) < 4.78 is 31.1. The molecule has 8 heteroatoms. The van der Waals surface area contributed by atoms with Gasteiger partial charge in [0.25, 0.3) is 0 Å². The van der Waals surface area contributed by atoms with Gasteiger partial charge in [0.05, 0.1) is 12.8 Å². The molecule has 1 amide bonds. The Kier molecular flexibility index (Phi) is 5.56. The van der Waals surface area contributed by atoms with Crippen molar-refractivity contribution >= 4 is 21.6 Å². The highest BCUT2D eigenvalue weighted by atomic mass is 32.2. The molecule has 0 aliphatic heterocycles.